The number of hydrogen-bond acceptors (Lipinski definition) is 5. The Bertz CT molecular complexity index is 707. The topological polar surface area (TPSA) is 41.9 Å². The lowest BCUT2D eigenvalue weighted by Gasteiger charge is -2.32. The number of thiophene rings is 1. The Hall–Kier alpha value is -1.47. The van der Waals surface area contributed by atoms with Crippen molar-refractivity contribution in [3.63, 3.8) is 0 Å². The highest BCUT2D eigenvalue weighted by molar-refractivity contribution is 7.07. The van der Waals surface area contributed by atoms with Crippen LogP contribution in [0.1, 0.15) is 35.8 Å². The molecule has 1 N–H and O–H groups in total. The monoisotopic (exact) mass is 349 g/mol. The van der Waals surface area contributed by atoms with Crippen LogP contribution in [-0.2, 0) is 17.9 Å². The molecule has 1 aromatic heterocycles. The SMILES string of the molecule is O[C@H]1CCCN(Cc2cc(F)cc3c2O[C@H](c2ccsc2)OC3)C1. The summed E-state index contributed by atoms with van der Waals surface area (Å²) in [6, 6.07) is 4.99. The fourth-order valence-corrected chi connectivity index (χ4v) is 4.04. The second-order valence-electron chi connectivity index (χ2n) is 6.40. The third-order valence-electron chi connectivity index (χ3n) is 4.51. The molecule has 2 atom stereocenters. The molecule has 3 heterocycles. The van der Waals surface area contributed by atoms with E-state index in [9.17, 15) is 9.50 Å². The van der Waals surface area contributed by atoms with Crippen molar-refractivity contribution < 1.29 is 19.0 Å². The van der Waals surface area contributed by atoms with Crippen molar-refractivity contribution in [3.05, 3.63) is 51.5 Å². The lowest BCUT2D eigenvalue weighted by molar-refractivity contribution is -0.112. The lowest BCUT2D eigenvalue weighted by Crippen LogP contribution is -2.37. The zero-order valence-electron chi connectivity index (χ0n) is 13.3. The number of likely N-dealkylation sites (tertiary alicyclic amines) is 1. The van der Waals surface area contributed by atoms with E-state index in [-0.39, 0.29) is 11.9 Å². The molecule has 1 aromatic carbocycles. The standard InChI is InChI=1S/C18H20FNO3S/c19-15-6-13(8-20-4-1-2-16(21)9-20)17-14(7-15)10-22-18(23-17)12-3-5-24-11-12/h3,5-7,11,16,18,21H,1-2,4,8-10H2/t16-,18+/m0/s1. The quantitative estimate of drug-likeness (QED) is 0.922. The predicted molar refractivity (Wildman–Crippen MR) is 89.4 cm³/mol. The molecule has 1 saturated heterocycles. The minimum atomic E-state index is -0.445. The zero-order valence-corrected chi connectivity index (χ0v) is 14.1. The van der Waals surface area contributed by atoms with Gasteiger partial charge in [0.1, 0.15) is 11.6 Å². The number of nitrogens with zero attached hydrogens (tertiary/aromatic N) is 1. The van der Waals surface area contributed by atoms with E-state index >= 15 is 0 Å². The van der Waals surface area contributed by atoms with Crippen LogP contribution in [0.25, 0.3) is 0 Å². The van der Waals surface area contributed by atoms with Gasteiger partial charge in [0, 0.05) is 35.2 Å². The summed E-state index contributed by atoms with van der Waals surface area (Å²) in [5.74, 6) is 0.446. The Labute approximate surface area is 144 Å². The van der Waals surface area contributed by atoms with Crippen molar-refractivity contribution in [3.8, 4) is 5.75 Å². The van der Waals surface area contributed by atoms with Gasteiger partial charge in [-0.2, -0.15) is 11.3 Å². The van der Waals surface area contributed by atoms with Crippen molar-refractivity contribution in [1.82, 2.24) is 4.90 Å². The molecule has 0 bridgehead atoms. The molecule has 4 rings (SSSR count). The molecule has 0 spiro atoms. The van der Waals surface area contributed by atoms with Gasteiger partial charge in [0.15, 0.2) is 0 Å². The van der Waals surface area contributed by atoms with Gasteiger partial charge in [-0.15, -0.1) is 0 Å². The van der Waals surface area contributed by atoms with Crippen LogP contribution in [0.2, 0.25) is 0 Å². The summed E-state index contributed by atoms with van der Waals surface area (Å²) in [5.41, 5.74) is 2.55. The molecule has 128 valence electrons. The highest BCUT2D eigenvalue weighted by Crippen LogP contribution is 2.37. The maximum atomic E-state index is 14.0. The number of benzene rings is 1. The molecule has 4 nitrogen and oxygen atoms in total. The molecule has 0 unspecified atom stereocenters. The van der Waals surface area contributed by atoms with Crippen molar-refractivity contribution in [2.45, 2.75) is 38.4 Å². The molecule has 2 aliphatic rings. The summed E-state index contributed by atoms with van der Waals surface area (Å²) in [6.07, 6.45) is 1.05. The second kappa shape index (κ2) is 6.80. The first-order valence-electron chi connectivity index (χ1n) is 8.21. The summed E-state index contributed by atoms with van der Waals surface area (Å²) < 4.78 is 25.8. The fraction of sp³-hybridized carbons (Fsp3) is 0.444. The van der Waals surface area contributed by atoms with E-state index in [1.54, 1.807) is 11.3 Å². The molecule has 0 aliphatic carbocycles. The zero-order chi connectivity index (χ0) is 16.5. The van der Waals surface area contributed by atoms with Gasteiger partial charge >= 0.3 is 0 Å². The van der Waals surface area contributed by atoms with Gasteiger partial charge in [-0.1, -0.05) is 0 Å². The number of piperidine rings is 1. The van der Waals surface area contributed by atoms with Crippen molar-refractivity contribution in [2.24, 2.45) is 0 Å². The van der Waals surface area contributed by atoms with Crippen LogP contribution in [-0.4, -0.2) is 29.2 Å². The van der Waals surface area contributed by atoms with Gasteiger partial charge in [-0.05, 0) is 43.0 Å². The number of hydrogen-bond donors (Lipinski definition) is 1. The summed E-state index contributed by atoms with van der Waals surface area (Å²) in [4.78, 5) is 2.15. The molecule has 6 heteroatoms. The molecule has 2 aromatic rings. The van der Waals surface area contributed by atoms with E-state index in [0.29, 0.717) is 19.7 Å². The first-order valence-corrected chi connectivity index (χ1v) is 9.15. The number of aliphatic hydroxyl groups excluding tert-OH is 1. The normalized spacial score (nSPS) is 24.4. The largest absolute Gasteiger partial charge is 0.460 e. The smallest absolute Gasteiger partial charge is 0.227 e. The van der Waals surface area contributed by atoms with E-state index < -0.39 is 6.29 Å². The van der Waals surface area contributed by atoms with Crippen LogP contribution < -0.4 is 4.74 Å². The number of fused-ring (bicyclic) bond motifs is 1. The van der Waals surface area contributed by atoms with Crippen LogP contribution in [0, 0.1) is 5.82 Å². The average molecular weight is 349 g/mol. The number of rotatable bonds is 3. The molecule has 24 heavy (non-hydrogen) atoms. The average Bonchev–Trinajstić information content (AvgIpc) is 3.09. The van der Waals surface area contributed by atoms with Gasteiger partial charge in [-0.25, -0.2) is 4.39 Å². The fourth-order valence-electron chi connectivity index (χ4n) is 3.38. The van der Waals surface area contributed by atoms with Crippen molar-refractivity contribution >= 4 is 11.3 Å². The molecule has 0 radical (unpaired) electrons. The Kier molecular flexibility index (Phi) is 4.54. The lowest BCUT2D eigenvalue weighted by atomic mass is 10.0. The Morgan fingerprint density at radius 3 is 3.08 bits per heavy atom. The van der Waals surface area contributed by atoms with E-state index in [1.807, 2.05) is 16.8 Å². The van der Waals surface area contributed by atoms with Gasteiger partial charge in [0.2, 0.25) is 6.29 Å². The first-order chi connectivity index (χ1) is 11.7. The Morgan fingerprint density at radius 2 is 2.29 bits per heavy atom. The van der Waals surface area contributed by atoms with Crippen molar-refractivity contribution in [1.29, 1.82) is 0 Å². The van der Waals surface area contributed by atoms with E-state index in [4.69, 9.17) is 9.47 Å². The maximum Gasteiger partial charge on any atom is 0.227 e. The maximum absolute atomic E-state index is 14.0. The number of ether oxygens (including phenoxy) is 2. The summed E-state index contributed by atoms with van der Waals surface area (Å²) >= 11 is 1.59. The highest BCUT2D eigenvalue weighted by atomic mass is 32.1. The first kappa shape index (κ1) is 16.0. The van der Waals surface area contributed by atoms with Gasteiger partial charge in [0.05, 0.1) is 12.7 Å². The summed E-state index contributed by atoms with van der Waals surface area (Å²) in [7, 11) is 0. The van der Waals surface area contributed by atoms with E-state index in [1.165, 1.54) is 12.1 Å². The van der Waals surface area contributed by atoms with E-state index in [2.05, 4.69) is 4.90 Å². The van der Waals surface area contributed by atoms with Crippen LogP contribution >= 0.6 is 11.3 Å². The molecule has 0 saturated carbocycles. The molecule has 2 aliphatic heterocycles. The molecule has 1 fully saturated rings. The minimum Gasteiger partial charge on any atom is -0.460 e. The summed E-state index contributed by atoms with van der Waals surface area (Å²) in [5, 5.41) is 13.8. The highest BCUT2D eigenvalue weighted by Gasteiger charge is 2.27. The molecule has 0 amide bonds. The third kappa shape index (κ3) is 3.32. The minimum absolute atomic E-state index is 0.275. The number of aliphatic hydroxyl groups is 1. The van der Waals surface area contributed by atoms with Crippen molar-refractivity contribution in [2.75, 3.05) is 13.1 Å². The van der Waals surface area contributed by atoms with Gasteiger partial charge < -0.3 is 14.6 Å². The van der Waals surface area contributed by atoms with Crippen LogP contribution in [0.15, 0.2) is 29.0 Å². The third-order valence-corrected chi connectivity index (χ3v) is 5.21. The Morgan fingerprint density at radius 1 is 1.38 bits per heavy atom. The van der Waals surface area contributed by atoms with Crippen LogP contribution in [0.3, 0.4) is 0 Å². The number of halogens is 1. The molecular weight excluding hydrogens is 329 g/mol. The van der Waals surface area contributed by atoms with Gasteiger partial charge in [-0.3, -0.25) is 4.90 Å². The van der Waals surface area contributed by atoms with Crippen LogP contribution in [0.5, 0.6) is 5.75 Å². The predicted octanol–water partition coefficient (Wildman–Crippen LogP) is 3.45. The molecular formula is C18H20FNO3S. The van der Waals surface area contributed by atoms with E-state index in [0.717, 1.165) is 41.8 Å². The Balaban J connectivity index is 1.59. The number of β-amino-alcohol motifs (C(OH)–C–C–N with tert-alkyl or cyclic N) is 1. The second-order valence-corrected chi connectivity index (χ2v) is 7.18. The van der Waals surface area contributed by atoms with Gasteiger partial charge in [0.25, 0.3) is 0 Å². The van der Waals surface area contributed by atoms with Crippen LogP contribution in [0.4, 0.5) is 4.39 Å². The summed E-state index contributed by atoms with van der Waals surface area (Å²) in [6.45, 7) is 2.44.